The van der Waals surface area contributed by atoms with E-state index in [2.05, 4.69) is 12.2 Å². The number of nitrogens with one attached hydrogen (secondary N) is 1. The molecule has 1 fully saturated rings. The number of rotatable bonds is 3. The molecular weight excluding hydrogens is 205 g/mol. The van der Waals surface area contributed by atoms with Gasteiger partial charge in [0.15, 0.2) is 0 Å². The van der Waals surface area contributed by atoms with Gasteiger partial charge in [-0.25, -0.2) is 4.39 Å². The fraction of sp³-hybridized carbons (Fsp3) is 0.538. The zero-order chi connectivity index (χ0) is 11.5. The third-order valence-corrected chi connectivity index (χ3v) is 2.96. The molecule has 1 aromatic carbocycles. The van der Waals surface area contributed by atoms with Gasteiger partial charge in [-0.15, -0.1) is 0 Å². The Kier molecular flexibility index (Phi) is 3.44. The highest BCUT2D eigenvalue weighted by Crippen LogP contribution is 2.21. The Labute approximate surface area is 95.8 Å². The first-order valence-corrected chi connectivity index (χ1v) is 5.80. The summed E-state index contributed by atoms with van der Waals surface area (Å²) in [5.41, 5.74) is 1.50. The maximum absolute atomic E-state index is 13.5. The van der Waals surface area contributed by atoms with Gasteiger partial charge in [0, 0.05) is 6.54 Å². The highest BCUT2D eigenvalue weighted by atomic mass is 19.1. The first kappa shape index (κ1) is 11.4. The van der Waals surface area contributed by atoms with Crippen molar-refractivity contribution in [2.75, 3.05) is 11.9 Å². The number of anilines is 1. The molecule has 2 nitrogen and oxygen atoms in total. The van der Waals surface area contributed by atoms with Crippen LogP contribution in [0.3, 0.4) is 0 Å². The molecule has 0 radical (unpaired) electrons. The molecule has 1 aromatic rings. The van der Waals surface area contributed by atoms with Gasteiger partial charge >= 0.3 is 0 Å². The zero-order valence-electron chi connectivity index (χ0n) is 9.79. The van der Waals surface area contributed by atoms with Gasteiger partial charge in [-0.3, -0.25) is 0 Å². The van der Waals surface area contributed by atoms with E-state index in [9.17, 15) is 4.39 Å². The summed E-state index contributed by atoms with van der Waals surface area (Å²) in [6, 6.07) is 5.23. The van der Waals surface area contributed by atoms with Gasteiger partial charge < -0.3 is 10.1 Å². The van der Waals surface area contributed by atoms with E-state index in [1.165, 1.54) is 0 Å². The molecule has 1 aliphatic heterocycles. The third-order valence-electron chi connectivity index (χ3n) is 2.96. The summed E-state index contributed by atoms with van der Waals surface area (Å²) < 4.78 is 19.2. The Morgan fingerprint density at radius 3 is 2.88 bits per heavy atom. The van der Waals surface area contributed by atoms with Gasteiger partial charge in [-0.05, 0) is 44.4 Å². The average Bonchev–Trinajstić information content (AvgIpc) is 2.63. The lowest BCUT2D eigenvalue weighted by atomic mass is 10.2. The standard InChI is InChI=1S/C13H18FNO/c1-9-3-6-13(12(14)7-9)15-8-11-5-4-10(2)16-11/h3,6-7,10-11,15H,4-5,8H2,1-2H3. The van der Waals surface area contributed by atoms with Gasteiger partial charge in [-0.1, -0.05) is 6.07 Å². The number of benzene rings is 1. The van der Waals surface area contributed by atoms with E-state index in [-0.39, 0.29) is 11.9 Å². The van der Waals surface area contributed by atoms with Crippen LogP contribution >= 0.6 is 0 Å². The number of ether oxygens (including phenoxy) is 1. The quantitative estimate of drug-likeness (QED) is 0.850. The molecule has 2 atom stereocenters. The first-order chi connectivity index (χ1) is 7.65. The molecule has 1 N–H and O–H groups in total. The Morgan fingerprint density at radius 1 is 1.44 bits per heavy atom. The van der Waals surface area contributed by atoms with E-state index in [4.69, 9.17) is 4.74 Å². The molecule has 0 bridgehead atoms. The summed E-state index contributed by atoms with van der Waals surface area (Å²) in [4.78, 5) is 0. The van der Waals surface area contributed by atoms with Crippen molar-refractivity contribution in [3.05, 3.63) is 29.6 Å². The lowest BCUT2D eigenvalue weighted by Crippen LogP contribution is -2.20. The number of hydrogen-bond donors (Lipinski definition) is 1. The van der Waals surface area contributed by atoms with Crippen molar-refractivity contribution in [2.24, 2.45) is 0 Å². The van der Waals surface area contributed by atoms with Crippen LogP contribution in [0.5, 0.6) is 0 Å². The Morgan fingerprint density at radius 2 is 2.25 bits per heavy atom. The van der Waals surface area contributed by atoms with Gasteiger partial charge in [0.2, 0.25) is 0 Å². The second-order valence-electron chi connectivity index (χ2n) is 4.51. The van der Waals surface area contributed by atoms with E-state index in [1.807, 2.05) is 13.0 Å². The van der Waals surface area contributed by atoms with Crippen molar-refractivity contribution in [2.45, 2.75) is 38.9 Å². The van der Waals surface area contributed by atoms with Crippen LogP contribution in [0.15, 0.2) is 18.2 Å². The predicted octanol–water partition coefficient (Wildman–Crippen LogP) is 3.11. The fourth-order valence-corrected chi connectivity index (χ4v) is 2.02. The predicted molar refractivity (Wildman–Crippen MR) is 63.2 cm³/mol. The minimum atomic E-state index is -0.189. The highest BCUT2D eigenvalue weighted by Gasteiger charge is 2.21. The van der Waals surface area contributed by atoms with Crippen LogP contribution in [0.4, 0.5) is 10.1 Å². The summed E-state index contributed by atoms with van der Waals surface area (Å²) in [6.07, 6.45) is 2.72. The molecule has 1 saturated heterocycles. The van der Waals surface area contributed by atoms with Crippen LogP contribution in [0.2, 0.25) is 0 Å². The van der Waals surface area contributed by atoms with Crippen molar-refractivity contribution >= 4 is 5.69 Å². The van der Waals surface area contributed by atoms with Gasteiger partial charge in [0.1, 0.15) is 5.82 Å². The van der Waals surface area contributed by atoms with Crippen molar-refractivity contribution in [1.29, 1.82) is 0 Å². The van der Waals surface area contributed by atoms with Crippen LogP contribution in [0, 0.1) is 12.7 Å². The second-order valence-corrected chi connectivity index (χ2v) is 4.51. The van der Waals surface area contributed by atoms with Crippen LogP contribution in [-0.2, 0) is 4.74 Å². The van der Waals surface area contributed by atoms with Crippen LogP contribution < -0.4 is 5.32 Å². The van der Waals surface area contributed by atoms with Crippen LogP contribution in [-0.4, -0.2) is 18.8 Å². The Bertz CT molecular complexity index is 367. The highest BCUT2D eigenvalue weighted by molar-refractivity contribution is 5.46. The molecule has 1 heterocycles. The van der Waals surface area contributed by atoms with Gasteiger partial charge in [0.05, 0.1) is 17.9 Å². The average molecular weight is 223 g/mol. The topological polar surface area (TPSA) is 21.3 Å². The van der Waals surface area contributed by atoms with Gasteiger partial charge in [0.25, 0.3) is 0 Å². The summed E-state index contributed by atoms with van der Waals surface area (Å²) >= 11 is 0. The minimum Gasteiger partial charge on any atom is -0.380 e. The summed E-state index contributed by atoms with van der Waals surface area (Å²) in [6.45, 7) is 4.64. The SMILES string of the molecule is Cc1ccc(NCC2CCC(C)O2)c(F)c1. The molecule has 1 aliphatic rings. The van der Waals surface area contributed by atoms with E-state index < -0.39 is 0 Å². The normalized spacial score (nSPS) is 24.7. The van der Waals surface area contributed by atoms with E-state index >= 15 is 0 Å². The molecule has 2 rings (SSSR count). The molecule has 0 saturated carbocycles. The summed E-state index contributed by atoms with van der Waals surface area (Å²) in [5.74, 6) is -0.189. The summed E-state index contributed by atoms with van der Waals surface area (Å²) in [5, 5.41) is 3.10. The van der Waals surface area contributed by atoms with Crippen molar-refractivity contribution in [3.8, 4) is 0 Å². The second kappa shape index (κ2) is 4.83. The molecule has 0 aliphatic carbocycles. The Balaban J connectivity index is 1.89. The number of halogens is 1. The lowest BCUT2D eigenvalue weighted by molar-refractivity contribution is 0.0636. The molecule has 16 heavy (non-hydrogen) atoms. The maximum atomic E-state index is 13.5. The van der Waals surface area contributed by atoms with Crippen LogP contribution in [0.25, 0.3) is 0 Å². The van der Waals surface area contributed by atoms with E-state index in [0.29, 0.717) is 18.3 Å². The Hall–Kier alpha value is -1.09. The molecule has 2 unspecified atom stereocenters. The van der Waals surface area contributed by atoms with E-state index in [0.717, 1.165) is 18.4 Å². The molecule has 3 heteroatoms. The van der Waals surface area contributed by atoms with E-state index in [1.54, 1.807) is 12.1 Å². The van der Waals surface area contributed by atoms with Crippen molar-refractivity contribution in [3.63, 3.8) is 0 Å². The number of hydrogen-bond acceptors (Lipinski definition) is 2. The number of aryl methyl sites for hydroxylation is 1. The molecule has 88 valence electrons. The summed E-state index contributed by atoms with van der Waals surface area (Å²) in [7, 11) is 0. The largest absolute Gasteiger partial charge is 0.380 e. The minimum absolute atomic E-state index is 0.189. The lowest BCUT2D eigenvalue weighted by Gasteiger charge is -2.13. The molecule has 0 amide bonds. The monoisotopic (exact) mass is 223 g/mol. The first-order valence-electron chi connectivity index (χ1n) is 5.80. The van der Waals surface area contributed by atoms with Crippen molar-refractivity contribution in [1.82, 2.24) is 0 Å². The smallest absolute Gasteiger partial charge is 0.146 e. The fourth-order valence-electron chi connectivity index (χ4n) is 2.02. The molecule has 0 aromatic heterocycles. The zero-order valence-corrected chi connectivity index (χ0v) is 9.79. The maximum Gasteiger partial charge on any atom is 0.146 e. The molecule has 0 spiro atoms. The third kappa shape index (κ3) is 2.73. The van der Waals surface area contributed by atoms with Crippen molar-refractivity contribution < 1.29 is 9.13 Å². The van der Waals surface area contributed by atoms with Gasteiger partial charge in [-0.2, -0.15) is 0 Å². The molecular formula is C13H18FNO. The van der Waals surface area contributed by atoms with Crippen LogP contribution in [0.1, 0.15) is 25.3 Å².